The summed E-state index contributed by atoms with van der Waals surface area (Å²) in [7, 11) is -4.05. The van der Waals surface area contributed by atoms with Gasteiger partial charge in [0.1, 0.15) is 5.69 Å². The van der Waals surface area contributed by atoms with Crippen molar-refractivity contribution < 1.29 is 39.6 Å². The molecule has 0 spiro atoms. The third-order valence-electron chi connectivity index (χ3n) is 4.08. The van der Waals surface area contributed by atoms with E-state index >= 15 is 0 Å². The number of amides is 1. The van der Waals surface area contributed by atoms with Crippen LogP contribution in [0.25, 0.3) is 5.69 Å². The van der Waals surface area contributed by atoms with Gasteiger partial charge in [-0.05, 0) is 42.5 Å². The number of alkyl halides is 6. The van der Waals surface area contributed by atoms with E-state index in [-0.39, 0.29) is 32.6 Å². The van der Waals surface area contributed by atoms with Gasteiger partial charge >= 0.3 is 12.4 Å². The zero-order chi connectivity index (χ0) is 23.9. The van der Waals surface area contributed by atoms with Gasteiger partial charge in [0.2, 0.25) is 10.0 Å². The number of nitrogens with zero attached hydrogens (tertiary/aromatic N) is 2. The molecule has 3 aromatic rings. The van der Waals surface area contributed by atoms with E-state index in [1.54, 1.807) is 0 Å². The van der Waals surface area contributed by atoms with Crippen molar-refractivity contribution in [1.29, 1.82) is 0 Å². The normalized spacial score (nSPS) is 12.6. The van der Waals surface area contributed by atoms with E-state index < -0.39 is 39.7 Å². The van der Waals surface area contributed by atoms with Crippen LogP contribution in [0.1, 0.15) is 21.7 Å². The zero-order valence-electron chi connectivity index (χ0n) is 15.6. The van der Waals surface area contributed by atoms with Crippen LogP contribution in [0.15, 0.2) is 59.5 Å². The van der Waals surface area contributed by atoms with Gasteiger partial charge in [-0.3, -0.25) is 4.79 Å². The smallest absolute Gasteiger partial charge is 0.322 e. The van der Waals surface area contributed by atoms with Crippen LogP contribution in [-0.2, 0) is 22.4 Å². The molecule has 14 heteroatoms. The fraction of sp³-hybridized carbons (Fsp3) is 0.111. The number of anilines is 1. The average molecular weight is 478 g/mol. The van der Waals surface area contributed by atoms with Crippen LogP contribution in [0.4, 0.5) is 32.0 Å². The van der Waals surface area contributed by atoms with Gasteiger partial charge < -0.3 is 5.32 Å². The molecule has 1 aromatic heterocycles. The van der Waals surface area contributed by atoms with Crippen molar-refractivity contribution in [3.05, 3.63) is 71.5 Å². The molecule has 1 heterocycles. The summed E-state index contributed by atoms with van der Waals surface area (Å²) in [6.45, 7) is 0. The van der Waals surface area contributed by atoms with E-state index in [1.165, 1.54) is 18.2 Å². The Hall–Kier alpha value is -3.39. The lowest BCUT2D eigenvalue weighted by Crippen LogP contribution is -2.16. The van der Waals surface area contributed by atoms with Crippen molar-refractivity contribution in [2.24, 2.45) is 5.14 Å². The van der Waals surface area contributed by atoms with Gasteiger partial charge in [-0.1, -0.05) is 6.07 Å². The molecule has 7 nitrogen and oxygen atoms in total. The maximum absolute atomic E-state index is 13.2. The summed E-state index contributed by atoms with van der Waals surface area (Å²) < 4.78 is 101. The molecule has 0 fully saturated rings. The standard InChI is InChI=1S/C18H12F6N4O3S/c19-17(20,21)14-9-15(18(22,23)24)28(27-14)12-6-4-11(5-7-12)26-16(29)10-2-1-3-13(8-10)32(25,30)31/h1-9H,(H,26,29)(H2,25,30,31). The number of aromatic nitrogens is 2. The minimum Gasteiger partial charge on any atom is -0.322 e. The predicted octanol–water partition coefficient (Wildman–Crippen LogP) is 3.81. The van der Waals surface area contributed by atoms with Crippen LogP contribution < -0.4 is 10.5 Å². The van der Waals surface area contributed by atoms with Gasteiger partial charge in [0.05, 0.1) is 10.6 Å². The first-order valence-electron chi connectivity index (χ1n) is 8.45. The Labute approximate surface area is 176 Å². The van der Waals surface area contributed by atoms with E-state index in [1.807, 2.05) is 0 Å². The molecule has 3 rings (SSSR count). The molecule has 0 bridgehead atoms. The van der Waals surface area contributed by atoms with E-state index in [0.717, 1.165) is 30.3 Å². The van der Waals surface area contributed by atoms with E-state index in [2.05, 4.69) is 10.4 Å². The Bertz CT molecular complexity index is 1270. The lowest BCUT2D eigenvalue weighted by molar-refractivity contribution is -0.143. The highest BCUT2D eigenvalue weighted by atomic mass is 32.2. The molecule has 1 amide bonds. The summed E-state index contributed by atoms with van der Waals surface area (Å²) in [5.74, 6) is -0.752. The number of benzene rings is 2. The fourth-order valence-corrected chi connectivity index (χ4v) is 3.18. The van der Waals surface area contributed by atoms with Crippen LogP contribution in [0.2, 0.25) is 0 Å². The number of sulfonamides is 1. The van der Waals surface area contributed by atoms with Crippen molar-refractivity contribution >= 4 is 21.6 Å². The number of nitrogens with one attached hydrogen (secondary N) is 1. The summed E-state index contributed by atoms with van der Waals surface area (Å²) in [6.07, 6.45) is -10.2. The van der Waals surface area contributed by atoms with Crippen LogP contribution in [0.3, 0.4) is 0 Å². The predicted molar refractivity (Wildman–Crippen MR) is 99.3 cm³/mol. The lowest BCUT2D eigenvalue weighted by atomic mass is 10.2. The van der Waals surface area contributed by atoms with Gasteiger partial charge in [-0.25, -0.2) is 18.2 Å². The molecule has 0 radical (unpaired) electrons. The Morgan fingerprint density at radius 1 is 0.938 bits per heavy atom. The van der Waals surface area contributed by atoms with E-state index in [4.69, 9.17) is 5.14 Å². The Balaban J connectivity index is 1.88. The maximum Gasteiger partial charge on any atom is 0.435 e. The molecule has 32 heavy (non-hydrogen) atoms. The minimum absolute atomic E-state index is 0.0677. The Morgan fingerprint density at radius 2 is 1.56 bits per heavy atom. The van der Waals surface area contributed by atoms with Crippen molar-refractivity contribution in [1.82, 2.24) is 9.78 Å². The minimum atomic E-state index is -5.10. The van der Waals surface area contributed by atoms with E-state index in [9.17, 15) is 39.6 Å². The molecular formula is C18H12F6N4O3S. The van der Waals surface area contributed by atoms with Crippen molar-refractivity contribution in [2.75, 3.05) is 5.32 Å². The third-order valence-corrected chi connectivity index (χ3v) is 5.00. The van der Waals surface area contributed by atoms with Crippen LogP contribution in [0, 0.1) is 0 Å². The van der Waals surface area contributed by atoms with Gasteiger partial charge in [0.25, 0.3) is 5.91 Å². The summed E-state index contributed by atoms with van der Waals surface area (Å²) in [5.41, 5.74) is -3.65. The first kappa shape index (κ1) is 23.3. The first-order chi connectivity index (χ1) is 14.7. The van der Waals surface area contributed by atoms with Gasteiger partial charge in [0, 0.05) is 17.3 Å². The molecule has 0 saturated heterocycles. The number of hydrogen-bond donors (Lipinski definition) is 2. The molecule has 0 aliphatic carbocycles. The highest BCUT2D eigenvalue weighted by molar-refractivity contribution is 7.89. The van der Waals surface area contributed by atoms with Crippen LogP contribution in [-0.4, -0.2) is 24.1 Å². The third kappa shape index (κ3) is 5.08. The molecule has 0 aliphatic heterocycles. The number of primary sulfonamides is 1. The summed E-state index contributed by atoms with van der Waals surface area (Å²) in [5, 5.41) is 10.4. The molecule has 3 N–H and O–H groups in total. The number of halogens is 6. The van der Waals surface area contributed by atoms with Crippen molar-refractivity contribution in [3.63, 3.8) is 0 Å². The Morgan fingerprint density at radius 3 is 2.09 bits per heavy atom. The number of nitrogens with two attached hydrogens (primary N) is 1. The summed E-state index contributed by atoms with van der Waals surface area (Å²) in [4.78, 5) is 12.0. The zero-order valence-corrected chi connectivity index (χ0v) is 16.4. The van der Waals surface area contributed by atoms with Crippen molar-refractivity contribution in [3.8, 4) is 5.69 Å². The number of carbonyl (C=O) groups is 1. The number of rotatable bonds is 4. The molecule has 0 aliphatic rings. The number of carbonyl (C=O) groups excluding carboxylic acids is 1. The SMILES string of the molecule is NS(=O)(=O)c1cccc(C(=O)Nc2ccc(-n3nc(C(F)(F)F)cc3C(F)(F)F)cc2)c1. The second-order valence-corrected chi connectivity index (χ2v) is 7.96. The highest BCUT2D eigenvalue weighted by Gasteiger charge is 2.42. The highest BCUT2D eigenvalue weighted by Crippen LogP contribution is 2.36. The lowest BCUT2D eigenvalue weighted by Gasteiger charge is -2.11. The number of hydrogen-bond acceptors (Lipinski definition) is 4. The molecule has 0 unspecified atom stereocenters. The summed E-state index contributed by atoms with van der Waals surface area (Å²) in [6, 6.07) is 9.03. The van der Waals surface area contributed by atoms with Gasteiger partial charge in [0.15, 0.2) is 5.69 Å². The van der Waals surface area contributed by atoms with Crippen LogP contribution >= 0.6 is 0 Å². The van der Waals surface area contributed by atoms with Gasteiger partial charge in [-0.2, -0.15) is 31.4 Å². The molecule has 0 saturated carbocycles. The van der Waals surface area contributed by atoms with Crippen LogP contribution in [0.5, 0.6) is 0 Å². The van der Waals surface area contributed by atoms with E-state index in [0.29, 0.717) is 0 Å². The monoisotopic (exact) mass is 478 g/mol. The summed E-state index contributed by atoms with van der Waals surface area (Å²) >= 11 is 0. The van der Waals surface area contributed by atoms with Gasteiger partial charge in [-0.15, -0.1) is 0 Å². The van der Waals surface area contributed by atoms with Crippen molar-refractivity contribution in [2.45, 2.75) is 17.2 Å². The topological polar surface area (TPSA) is 107 Å². The Kier molecular flexibility index (Phi) is 5.78. The average Bonchev–Trinajstić information content (AvgIpc) is 3.14. The quantitative estimate of drug-likeness (QED) is 0.556. The molecule has 2 aromatic carbocycles. The molecule has 170 valence electrons. The molecule has 0 atom stereocenters. The fourth-order valence-electron chi connectivity index (χ4n) is 2.62. The second kappa shape index (κ2) is 7.94. The molecular weight excluding hydrogens is 466 g/mol. The largest absolute Gasteiger partial charge is 0.435 e. The maximum atomic E-state index is 13.2. The first-order valence-corrected chi connectivity index (χ1v) is 10.00. The second-order valence-electron chi connectivity index (χ2n) is 6.40.